The zero-order valence-corrected chi connectivity index (χ0v) is 7.21. The summed E-state index contributed by atoms with van der Waals surface area (Å²) in [4.78, 5) is 24.9. The average molecular weight is 218 g/mol. The van der Waals surface area contributed by atoms with Crippen molar-refractivity contribution in [2.24, 2.45) is 0 Å². The molecule has 1 N–H and O–H groups in total. The quantitative estimate of drug-likeness (QED) is 0.761. The first-order valence-corrected chi connectivity index (χ1v) is 3.75. The normalized spacial score (nSPS) is 10.9. The number of carbonyl (C=O) groups is 2. The first-order chi connectivity index (χ1) is 6.91. The Hall–Kier alpha value is -1.92. The zero-order chi connectivity index (χ0) is 11.5. The van der Waals surface area contributed by atoms with Crippen LogP contribution in [-0.4, -0.2) is 23.0 Å². The fraction of sp³-hybridized carbons (Fsp3) is 0.125. The fourth-order valence-corrected chi connectivity index (χ4v) is 0.735. The fourth-order valence-electron chi connectivity index (χ4n) is 0.735. The maximum atomic E-state index is 11.7. The summed E-state index contributed by atoms with van der Waals surface area (Å²) in [5, 5.41) is 1.17. The van der Waals surface area contributed by atoms with Gasteiger partial charge < -0.3 is 0 Å². The number of carbonyl (C=O) groups excluding carboxylic acids is 2. The Kier molecular flexibility index (Phi) is 3.03. The highest BCUT2D eigenvalue weighted by molar-refractivity contribution is 6.05. The molecule has 0 atom stereocenters. The first-order valence-electron chi connectivity index (χ1n) is 3.75. The van der Waals surface area contributed by atoms with Crippen molar-refractivity contribution < 1.29 is 22.8 Å². The Labute approximate surface area is 82.1 Å². The molecular weight excluding hydrogens is 213 g/mol. The van der Waals surface area contributed by atoms with Crippen molar-refractivity contribution in [3.63, 3.8) is 0 Å². The van der Waals surface area contributed by atoms with Crippen molar-refractivity contribution in [1.29, 1.82) is 0 Å². The van der Waals surface area contributed by atoms with E-state index in [1.54, 1.807) is 0 Å². The largest absolute Gasteiger partial charge is 0.471 e. The lowest BCUT2D eigenvalue weighted by Crippen LogP contribution is -2.40. The van der Waals surface area contributed by atoms with Crippen LogP contribution in [0.1, 0.15) is 10.5 Å². The minimum atomic E-state index is -5.08. The van der Waals surface area contributed by atoms with Gasteiger partial charge in [0.15, 0.2) is 0 Å². The van der Waals surface area contributed by atoms with Gasteiger partial charge in [-0.2, -0.15) is 13.2 Å². The number of amides is 2. The van der Waals surface area contributed by atoms with Gasteiger partial charge in [0.25, 0.3) is 5.91 Å². The molecule has 0 radical (unpaired) electrons. The third-order valence-corrected chi connectivity index (χ3v) is 1.38. The van der Waals surface area contributed by atoms with Crippen LogP contribution in [0.3, 0.4) is 0 Å². The summed E-state index contributed by atoms with van der Waals surface area (Å²) in [6.45, 7) is 0. The lowest BCUT2D eigenvalue weighted by Gasteiger charge is -2.05. The molecule has 0 aromatic carbocycles. The molecule has 2 amide bonds. The van der Waals surface area contributed by atoms with Crippen LogP contribution in [0.5, 0.6) is 0 Å². The lowest BCUT2D eigenvalue weighted by atomic mass is 10.3. The minimum Gasteiger partial charge on any atom is -0.283 e. The number of hydrogen-bond donors (Lipinski definition) is 1. The lowest BCUT2D eigenvalue weighted by molar-refractivity contribution is -0.172. The van der Waals surface area contributed by atoms with Crippen molar-refractivity contribution in [3.05, 3.63) is 30.1 Å². The molecule has 0 aliphatic heterocycles. The van der Waals surface area contributed by atoms with Gasteiger partial charge in [0.2, 0.25) is 0 Å². The number of pyridine rings is 1. The molecule has 0 unspecified atom stereocenters. The Morgan fingerprint density at radius 3 is 2.40 bits per heavy atom. The van der Waals surface area contributed by atoms with E-state index in [1.165, 1.54) is 29.7 Å². The van der Waals surface area contributed by atoms with Crippen LogP contribution in [0.4, 0.5) is 13.2 Å². The van der Waals surface area contributed by atoms with Gasteiger partial charge in [-0.15, -0.1) is 0 Å². The molecule has 15 heavy (non-hydrogen) atoms. The average Bonchev–Trinajstić information content (AvgIpc) is 2.17. The molecule has 0 aliphatic rings. The number of nitrogens with zero attached hydrogens (tertiary/aromatic N) is 1. The van der Waals surface area contributed by atoms with Crippen molar-refractivity contribution >= 4 is 11.8 Å². The van der Waals surface area contributed by atoms with E-state index < -0.39 is 18.0 Å². The van der Waals surface area contributed by atoms with Crippen LogP contribution in [0, 0.1) is 0 Å². The van der Waals surface area contributed by atoms with Crippen molar-refractivity contribution in [1.82, 2.24) is 10.3 Å². The Bertz CT molecular complexity index is 375. The van der Waals surface area contributed by atoms with E-state index in [1.807, 2.05) is 0 Å². The maximum absolute atomic E-state index is 11.7. The van der Waals surface area contributed by atoms with E-state index in [9.17, 15) is 22.8 Å². The minimum absolute atomic E-state index is 0.255. The first kappa shape index (κ1) is 11.2. The third-order valence-electron chi connectivity index (χ3n) is 1.38. The molecule has 0 fully saturated rings. The number of rotatable bonds is 1. The number of aromatic nitrogens is 1. The van der Waals surface area contributed by atoms with Gasteiger partial charge in [0.05, 0.1) is 0 Å². The van der Waals surface area contributed by atoms with Gasteiger partial charge in [0.1, 0.15) is 5.69 Å². The molecule has 0 saturated heterocycles. The smallest absolute Gasteiger partial charge is 0.283 e. The molecule has 0 aliphatic carbocycles. The van der Waals surface area contributed by atoms with Crippen LogP contribution < -0.4 is 5.32 Å². The van der Waals surface area contributed by atoms with E-state index in [0.29, 0.717) is 0 Å². The van der Waals surface area contributed by atoms with Gasteiger partial charge in [-0.25, -0.2) is 0 Å². The number of halogens is 3. The van der Waals surface area contributed by atoms with Gasteiger partial charge in [-0.05, 0) is 12.1 Å². The molecule has 1 rings (SSSR count). The van der Waals surface area contributed by atoms with Gasteiger partial charge >= 0.3 is 12.1 Å². The van der Waals surface area contributed by atoms with E-state index in [-0.39, 0.29) is 5.69 Å². The number of hydrogen-bond acceptors (Lipinski definition) is 3. The van der Waals surface area contributed by atoms with E-state index in [0.717, 1.165) is 0 Å². The SMILES string of the molecule is O=C(NC(=O)C(F)(F)F)c1ccccn1. The van der Waals surface area contributed by atoms with E-state index in [4.69, 9.17) is 0 Å². The Balaban J connectivity index is 2.70. The van der Waals surface area contributed by atoms with Crippen LogP contribution >= 0.6 is 0 Å². The van der Waals surface area contributed by atoms with Crippen LogP contribution in [0.15, 0.2) is 24.4 Å². The molecule has 0 saturated carbocycles. The summed E-state index contributed by atoms with van der Waals surface area (Å²) < 4.78 is 35.2. The second-order valence-corrected chi connectivity index (χ2v) is 2.50. The second kappa shape index (κ2) is 4.07. The van der Waals surface area contributed by atoms with Gasteiger partial charge in [-0.3, -0.25) is 19.9 Å². The Morgan fingerprint density at radius 2 is 1.93 bits per heavy atom. The van der Waals surface area contributed by atoms with Gasteiger partial charge in [-0.1, -0.05) is 6.07 Å². The van der Waals surface area contributed by atoms with E-state index in [2.05, 4.69) is 4.98 Å². The zero-order valence-electron chi connectivity index (χ0n) is 7.21. The van der Waals surface area contributed by atoms with Crippen molar-refractivity contribution in [2.75, 3.05) is 0 Å². The molecule has 80 valence electrons. The molecule has 1 aromatic heterocycles. The number of nitrogens with one attached hydrogen (secondary N) is 1. The van der Waals surface area contributed by atoms with Crippen LogP contribution in [0.25, 0.3) is 0 Å². The highest BCUT2D eigenvalue weighted by Crippen LogP contribution is 2.14. The van der Waals surface area contributed by atoms with Crippen LogP contribution in [0.2, 0.25) is 0 Å². The third kappa shape index (κ3) is 3.04. The van der Waals surface area contributed by atoms with Crippen molar-refractivity contribution in [3.8, 4) is 0 Å². The predicted octanol–water partition coefficient (Wildman–Crippen LogP) is 0.900. The Morgan fingerprint density at radius 1 is 1.27 bits per heavy atom. The number of alkyl halides is 3. The molecule has 0 bridgehead atoms. The maximum Gasteiger partial charge on any atom is 0.471 e. The predicted molar refractivity (Wildman–Crippen MR) is 42.8 cm³/mol. The molecule has 1 heterocycles. The van der Waals surface area contributed by atoms with Crippen LogP contribution in [-0.2, 0) is 4.79 Å². The molecule has 1 aromatic rings. The summed E-state index contributed by atoms with van der Waals surface area (Å²) in [5.41, 5.74) is -0.255. The second-order valence-electron chi connectivity index (χ2n) is 2.50. The monoisotopic (exact) mass is 218 g/mol. The molecular formula is C8H5F3N2O2. The van der Waals surface area contributed by atoms with Crippen molar-refractivity contribution in [2.45, 2.75) is 6.18 Å². The molecule has 7 heteroatoms. The highest BCUT2D eigenvalue weighted by atomic mass is 19.4. The summed E-state index contributed by atoms with van der Waals surface area (Å²) >= 11 is 0. The summed E-state index contributed by atoms with van der Waals surface area (Å²) in [6.07, 6.45) is -3.85. The van der Waals surface area contributed by atoms with Gasteiger partial charge in [0, 0.05) is 6.20 Å². The molecule has 4 nitrogen and oxygen atoms in total. The summed E-state index contributed by atoms with van der Waals surface area (Å²) in [5.74, 6) is -3.49. The molecule has 0 spiro atoms. The summed E-state index contributed by atoms with van der Waals surface area (Å²) in [6, 6.07) is 4.10. The number of imide groups is 1. The topological polar surface area (TPSA) is 59.1 Å². The standard InChI is InChI=1S/C8H5F3N2O2/c9-8(10,11)7(15)13-6(14)5-3-1-2-4-12-5/h1-4H,(H,13,14,15). The summed E-state index contributed by atoms with van der Waals surface area (Å²) in [7, 11) is 0. The highest BCUT2D eigenvalue weighted by Gasteiger charge is 2.39. The van der Waals surface area contributed by atoms with E-state index >= 15 is 0 Å².